The third kappa shape index (κ3) is 3.27. The van der Waals surface area contributed by atoms with E-state index in [9.17, 15) is 0 Å². The first kappa shape index (κ1) is 13.4. The summed E-state index contributed by atoms with van der Waals surface area (Å²) in [5.74, 6) is 1.49. The van der Waals surface area contributed by atoms with Crippen molar-refractivity contribution in [2.24, 2.45) is 0 Å². The maximum atomic E-state index is 6.17. The van der Waals surface area contributed by atoms with Crippen molar-refractivity contribution in [3.63, 3.8) is 0 Å². The summed E-state index contributed by atoms with van der Waals surface area (Å²) in [6.45, 7) is 2.13. The SMILES string of the molecule is CCc1ccc(Oc2ccc(CBr)cc2Cl)cc1. The summed E-state index contributed by atoms with van der Waals surface area (Å²) in [6.07, 6.45) is 1.03. The fraction of sp³-hybridized carbons (Fsp3) is 0.200. The molecule has 18 heavy (non-hydrogen) atoms. The Morgan fingerprint density at radius 1 is 1.06 bits per heavy atom. The molecule has 2 rings (SSSR count). The number of alkyl halides is 1. The number of halogens is 2. The molecule has 0 saturated carbocycles. The van der Waals surface area contributed by atoms with Crippen LogP contribution in [0, 0.1) is 0 Å². The lowest BCUT2D eigenvalue weighted by Crippen LogP contribution is -1.87. The monoisotopic (exact) mass is 324 g/mol. The Morgan fingerprint density at radius 2 is 1.72 bits per heavy atom. The van der Waals surface area contributed by atoms with Gasteiger partial charge < -0.3 is 4.74 Å². The summed E-state index contributed by atoms with van der Waals surface area (Å²) in [7, 11) is 0. The van der Waals surface area contributed by atoms with E-state index in [0.717, 1.165) is 23.1 Å². The molecule has 0 N–H and O–H groups in total. The highest BCUT2D eigenvalue weighted by atomic mass is 79.9. The number of ether oxygens (including phenoxy) is 1. The molecule has 0 bridgehead atoms. The Labute approximate surface area is 121 Å². The molecular weight excluding hydrogens is 312 g/mol. The van der Waals surface area contributed by atoms with Crippen molar-refractivity contribution >= 4 is 27.5 Å². The fourth-order valence-electron chi connectivity index (χ4n) is 1.63. The van der Waals surface area contributed by atoms with E-state index in [1.54, 1.807) is 0 Å². The second-order valence-electron chi connectivity index (χ2n) is 4.00. The van der Waals surface area contributed by atoms with Gasteiger partial charge in [-0.15, -0.1) is 0 Å². The first-order chi connectivity index (χ1) is 8.72. The number of benzene rings is 2. The van der Waals surface area contributed by atoms with Gasteiger partial charge in [-0.3, -0.25) is 0 Å². The maximum absolute atomic E-state index is 6.17. The summed E-state index contributed by atoms with van der Waals surface area (Å²) in [4.78, 5) is 0. The van der Waals surface area contributed by atoms with E-state index in [2.05, 4.69) is 35.0 Å². The molecule has 0 aliphatic rings. The molecule has 0 spiro atoms. The van der Waals surface area contributed by atoms with Gasteiger partial charge in [-0.1, -0.05) is 52.7 Å². The molecule has 0 unspecified atom stereocenters. The molecule has 3 heteroatoms. The van der Waals surface area contributed by atoms with Crippen LogP contribution in [-0.2, 0) is 11.8 Å². The minimum absolute atomic E-state index is 0.631. The second kappa shape index (κ2) is 6.26. The first-order valence-electron chi connectivity index (χ1n) is 5.84. The lowest BCUT2D eigenvalue weighted by Gasteiger charge is -2.09. The lowest BCUT2D eigenvalue weighted by molar-refractivity contribution is 0.482. The summed E-state index contributed by atoms with van der Waals surface area (Å²) < 4.78 is 5.76. The molecule has 0 radical (unpaired) electrons. The van der Waals surface area contributed by atoms with Crippen molar-refractivity contribution in [3.05, 3.63) is 58.6 Å². The number of hydrogen-bond donors (Lipinski definition) is 0. The van der Waals surface area contributed by atoms with Gasteiger partial charge in [0.1, 0.15) is 11.5 Å². The second-order valence-corrected chi connectivity index (χ2v) is 4.97. The minimum Gasteiger partial charge on any atom is -0.456 e. The number of aryl methyl sites for hydroxylation is 1. The van der Waals surface area contributed by atoms with Crippen LogP contribution in [-0.4, -0.2) is 0 Å². The molecular formula is C15H14BrClO. The molecule has 0 aliphatic carbocycles. The number of hydrogen-bond acceptors (Lipinski definition) is 1. The van der Waals surface area contributed by atoms with Crippen molar-refractivity contribution in [2.75, 3.05) is 0 Å². The molecule has 0 aromatic heterocycles. The van der Waals surface area contributed by atoms with E-state index in [4.69, 9.17) is 16.3 Å². The largest absolute Gasteiger partial charge is 0.456 e. The quantitative estimate of drug-likeness (QED) is 0.666. The smallest absolute Gasteiger partial charge is 0.146 e. The highest BCUT2D eigenvalue weighted by Crippen LogP contribution is 2.30. The zero-order valence-electron chi connectivity index (χ0n) is 10.1. The zero-order chi connectivity index (χ0) is 13.0. The van der Waals surface area contributed by atoms with Gasteiger partial charge in [-0.25, -0.2) is 0 Å². The highest BCUT2D eigenvalue weighted by molar-refractivity contribution is 9.08. The molecule has 0 saturated heterocycles. The van der Waals surface area contributed by atoms with Crippen LogP contribution in [0.5, 0.6) is 11.5 Å². The zero-order valence-corrected chi connectivity index (χ0v) is 12.5. The normalized spacial score (nSPS) is 10.4. The predicted octanol–water partition coefficient (Wildman–Crippen LogP) is 5.59. The average Bonchev–Trinajstić information content (AvgIpc) is 2.42. The molecule has 0 aliphatic heterocycles. The predicted molar refractivity (Wildman–Crippen MR) is 80.0 cm³/mol. The van der Waals surface area contributed by atoms with Gasteiger partial charge in [0.2, 0.25) is 0 Å². The van der Waals surface area contributed by atoms with Crippen LogP contribution in [0.3, 0.4) is 0 Å². The first-order valence-corrected chi connectivity index (χ1v) is 7.34. The standard InChI is InChI=1S/C15H14BrClO/c1-2-11-3-6-13(7-4-11)18-15-8-5-12(10-16)9-14(15)17/h3-9H,2,10H2,1H3. The Hall–Kier alpha value is -0.990. The van der Waals surface area contributed by atoms with Crippen LogP contribution >= 0.6 is 27.5 Å². The molecule has 94 valence electrons. The highest BCUT2D eigenvalue weighted by Gasteiger charge is 2.04. The van der Waals surface area contributed by atoms with Crippen molar-refractivity contribution in [3.8, 4) is 11.5 Å². The molecule has 2 aromatic carbocycles. The summed E-state index contributed by atoms with van der Waals surface area (Å²) in [6, 6.07) is 13.9. The Morgan fingerprint density at radius 3 is 2.28 bits per heavy atom. The van der Waals surface area contributed by atoms with Gasteiger partial charge >= 0.3 is 0 Å². The van der Waals surface area contributed by atoms with Gasteiger partial charge in [-0.2, -0.15) is 0 Å². The van der Waals surface area contributed by atoms with Crippen LogP contribution in [0.2, 0.25) is 5.02 Å². The molecule has 1 nitrogen and oxygen atoms in total. The minimum atomic E-state index is 0.631. The summed E-state index contributed by atoms with van der Waals surface area (Å²) in [5.41, 5.74) is 2.43. The van der Waals surface area contributed by atoms with Crippen LogP contribution in [0.15, 0.2) is 42.5 Å². The molecule has 0 atom stereocenters. The molecule has 0 amide bonds. The van der Waals surface area contributed by atoms with Crippen LogP contribution in [0.4, 0.5) is 0 Å². The van der Waals surface area contributed by atoms with Crippen molar-refractivity contribution in [1.82, 2.24) is 0 Å². The Bertz CT molecular complexity index is 523. The van der Waals surface area contributed by atoms with Crippen LogP contribution < -0.4 is 4.74 Å². The third-order valence-corrected chi connectivity index (χ3v) is 3.65. The molecule has 0 heterocycles. The van der Waals surface area contributed by atoms with E-state index in [1.165, 1.54) is 5.56 Å². The van der Waals surface area contributed by atoms with Crippen molar-refractivity contribution < 1.29 is 4.74 Å². The van der Waals surface area contributed by atoms with Gasteiger partial charge in [0.15, 0.2) is 0 Å². The van der Waals surface area contributed by atoms with Gasteiger partial charge in [-0.05, 0) is 41.8 Å². The van der Waals surface area contributed by atoms with E-state index in [0.29, 0.717) is 10.8 Å². The fourth-order valence-corrected chi connectivity index (χ4v) is 2.22. The number of rotatable bonds is 4. The Balaban J connectivity index is 2.17. The van der Waals surface area contributed by atoms with E-state index >= 15 is 0 Å². The summed E-state index contributed by atoms with van der Waals surface area (Å²) in [5, 5.41) is 1.42. The van der Waals surface area contributed by atoms with Gasteiger partial charge in [0.05, 0.1) is 5.02 Å². The summed E-state index contributed by atoms with van der Waals surface area (Å²) >= 11 is 9.57. The van der Waals surface area contributed by atoms with E-state index in [1.807, 2.05) is 30.3 Å². The van der Waals surface area contributed by atoms with Crippen molar-refractivity contribution in [1.29, 1.82) is 0 Å². The third-order valence-electron chi connectivity index (χ3n) is 2.71. The topological polar surface area (TPSA) is 9.23 Å². The lowest BCUT2D eigenvalue weighted by atomic mass is 10.2. The van der Waals surface area contributed by atoms with Crippen LogP contribution in [0.25, 0.3) is 0 Å². The Kier molecular flexibility index (Phi) is 4.67. The van der Waals surface area contributed by atoms with E-state index < -0.39 is 0 Å². The molecule has 2 aromatic rings. The van der Waals surface area contributed by atoms with Gasteiger partial charge in [0, 0.05) is 5.33 Å². The van der Waals surface area contributed by atoms with Gasteiger partial charge in [0.25, 0.3) is 0 Å². The van der Waals surface area contributed by atoms with Crippen molar-refractivity contribution in [2.45, 2.75) is 18.7 Å². The molecule has 0 fully saturated rings. The van der Waals surface area contributed by atoms with E-state index in [-0.39, 0.29) is 0 Å². The maximum Gasteiger partial charge on any atom is 0.146 e. The van der Waals surface area contributed by atoms with Crippen LogP contribution in [0.1, 0.15) is 18.1 Å². The average molecular weight is 326 g/mol.